The number of ether oxygens (including phenoxy) is 2. The van der Waals surface area contributed by atoms with E-state index in [-0.39, 0.29) is 5.91 Å². The van der Waals surface area contributed by atoms with Gasteiger partial charge in [0.1, 0.15) is 12.4 Å². The molecule has 0 aliphatic carbocycles. The summed E-state index contributed by atoms with van der Waals surface area (Å²) >= 11 is 0. The van der Waals surface area contributed by atoms with Crippen molar-refractivity contribution >= 4 is 23.0 Å². The number of carbonyl (C=O) groups is 1. The van der Waals surface area contributed by atoms with Crippen molar-refractivity contribution < 1.29 is 14.3 Å². The summed E-state index contributed by atoms with van der Waals surface area (Å²) in [4.78, 5) is 18.2. The van der Waals surface area contributed by atoms with Gasteiger partial charge in [-0.3, -0.25) is 9.69 Å². The first-order valence-corrected chi connectivity index (χ1v) is 13.8. The van der Waals surface area contributed by atoms with Crippen LogP contribution in [0.4, 0.5) is 17.1 Å². The molecular weight excluding hydrogens is 476 g/mol. The lowest BCUT2D eigenvalue weighted by molar-refractivity contribution is 0.0323. The highest BCUT2D eigenvalue weighted by molar-refractivity contribution is 6.08. The van der Waals surface area contributed by atoms with Crippen LogP contribution in [0.3, 0.4) is 0 Å². The van der Waals surface area contributed by atoms with Gasteiger partial charge in [-0.1, -0.05) is 18.2 Å². The molecule has 1 atom stereocenters. The molecule has 2 N–H and O–H groups in total. The fourth-order valence-corrected chi connectivity index (χ4v) is 5.57. The first kappa shape index (κ1) is 24.8. The molecule has 1 fully saturated rings. The van der Waals surface area contributed by atoms with E-state index in [1.54, 1.807) is 0 Å². The van der Waals surface area contributed by atoms with Gasteiger partial charge in [-0.15, -0.1) is 0 Å². The molecule has 7 nitrogen and oxygen atoms in total. The molecule has 0 spiro atoms. The van der Waals surface area contributed by atoms with E-state index in [0.717, 1.165) is 80.5 Å². The van der Waals surface area contributed by atoms with Crippen molar-refractivity contribution in [1.82, 2.24) is 4.90 Å². The quantitative estimate of drug-likeness (QED) is 0.491. The molecule has 0 aromatic heterocycles. The summed E-state index contributed by atoms with van der Waals surface area (Å²) in [6.07, 6.45) is 1.90. The smallest absolute Gasteiger partial charge is 0.258 e. The molecule has 1 saturated heterocycles. The summed E-state index contributed by atoms with van der Waals surface area (Å²) in [5, 5.41) is 6.98. The fourth-order valence-electron chi connectivity index (χ4n) is 5.57. The number of hydrogen-bond donors (Lipinski definition) is 2. The van der Waals surface area contributed by atoms with Crippen LogP contribution in [-0.4, -0.2) is 69.4 Å². The number of hydrogen-bond acceptors (Lipinski definition) is 6. The lowest BCUT2D eigenvalue weighted by Crippen LogP contribution is -2.38. The molecule has 7 heteroatoms. The van der Waals surface area contributed by atoms with Crippen LogP contribution in [0.25, 0.3) is 11.1 Å². The second-order valence-corrected chi connectivity index (χ2v) is 10.4. The van der Waals surface area contributed by atoms with Gasteiger partial charge in [-0.05, 0) is 73.4 Å². The number of anilines is 3. The lowest BCUT2D eigenvalue weighted by atomic mass is 9.99. The van der Waals surface area contributed by atoms with Crippen LogP contribution in [0.15, 0.2) is 60.7 Å². The molecule has 3 heterocycles. The summed E-state index contributed by atoms with van der Waals surface area (Å²) in [6, 6.07) is 20.8. The van der Waals surface area contributed by atoms with Crippen LogP contribution < -0.4 is 20.3 Å². The minimum absolute atomic E-state index is 0.00363. The molecule has 0 bridgehead atoms. The van der Waals surface area contributed by atoms with Gasteiger partial charge in [0.2, 0.25) is 0 Å². The second kappa shape index (κ2) is 11.1. The number of fused-ring (bicyclic) bond motifs is 2. The summed E-state index contributed by atoms with van der Waals surface area (Å²) < 4.78 is 11.9. The van der Waals surface area contributed by atoms with Gasteiger partial charge < -0.3 is 25.0 Å². The van der Waals surface area contributed by atoms with Crippen LogP contribution >= 0.6 is 0 Å². The zero-order chi connectivity index (χ0) is 25.9. The highest BCUT2D eigenvalue weighted by Crippen LogP contribution is 2.36. The van der Waals surface area contributed by atoms with E-state index in [0.29, 0.717) is 24.8 Å². The molecule has 198 valence electrons. The Morgan fingerprint density at radius 2 is 1.89 bits per heavy atom. The average Bonchev–Trinajstić information content (AvgIpc) is 3.35. The highest BCUT2D eigenvalue weighted by Gasteiger charge is 2.25. The third kappa shape index (κ3) is 5.22. The van der Waals surface area contributed by atoms with E-state index in [1.165, 1.54) is 11.3 Å². The largest absolute Gasteiger partial charge is 0.492 e. The number of para-hydroxylation sites is 2. The van der Waals surface area contributed by atoms with Crippen LogP contribution in [0.1, 0.15) is 29.3 Å². The number of nitrogens with one attached hydrogen (secondary N) is 2. The third-order valence-electron chi connectivity index (χ3n) is 7.75. The zero-order valence-electron chi connectivity index (χ0n) is 22.0. The monoisotopic (exact) mass is 512 g/mol. The van der Waals surface area contributed by atoms with E-state index in [9.17, 15) is 4.79 Å². The van der Waals surface area contributed by atoms with Crippen molar-refractivity contribution in [3.8, 4) is 16.9 Å². The van der Waals surface area contributed by atoms with E-state index in [2.05, 4.69) is 40.7 Å². The number of nitrogens with zero attached hydrogens (tertiary/aromatic N) is 2. The molecule has 3 aliphatic heterocycles. The average molecular weight is 513 g/mol. The molecule has 3 aromatic carbocycles. The molecule has 0 saturated carbocycles. The Morgan fingerprint density at radius 1 is 1.03 bits per heavy atom. The summed E-state index contributed by atoms with van der Waals surface area (Å²) in [6.45, 7) is 8.57. The maximum absolute atomic E-state index is 13.9. The predicted octanol–water partition coefficient (Wildman–Crippen LogP) is 4.88. The van der Waals surface area contributed by atoms with Crippen molar-refractivity contribution in [3.63, 3.8) is 0 Å². The number of benzene rings is 3. The Morgan fingerprint density at radius 3 is 2.79 bits per heavy atom. The zero-order valence-corrected chi connectivity index (χ0v) is 22.0. The second-order valence-electron chi connectivity index (χ2n) is 10.4. The lowest BCUT2D eigenvalue weighted by Gasteiger charge is -2.26. The minimum Gasteiger partial charge on any atom is -0.492 e. The molecule has 0 radical (unpaired) electrons. The van der Waals surface area contributed by atoms with Crippen molar-refractivity contribution in [2.45, 2.75) is 25.8 Å². The first-order valence-electron chi connectivity index (χ1n) is 13.8. The highest BCUT2D eigenvalue weighted by atomic mass is 16.5. The Bertz CT molecular complexity index is 1300. The van der Waals surface area contributed by atoms with Crippen molar-refractivity contribution in [3.05, 3.63) is 71.8 Å². The van der Waals surface area contributed by atoms with Gasteiger partial charge in [0, 0.05) is 55.6 Å². The molecule has 0 unspecified atom stereocenters. The number of amides is 1. The van der Waals surface area contributed by atoms with Gasteiger partial charge in [0.15, 0.2) is 0 Å². The van der Waals surface area contributed by atoms with Gasteiger partial charge in [0.05, 0.1) is 24.6 Å². The summed E-state index contributed by atoms with van der Waals surface area (Å²) in [5.74, 6) is 0.751. The summed E-state index contributed by atoms with van der Waals surface area (Å²) in [5.41, 5.74) is 7.23. The molecular formula is C31H36N4O3. The molecule has 3 aliphatic rings. The van der Waals surface area contributed by atoms with Crippen LogP contribution in [0.2, 0.25) is 0 Å². The number of morpholine rings is 1. The Kier molecular flexibility index (Phi) is 7.20. The van der Waals surface area contributed by atoms with Crippen LogP contribution in [0.5, 0.6) is 5.75 Å². The Hall–Kier alpha value is -3.55. The Balaban J connectivity index is 1.30. The Labute approximate surface area is 224 Å². The normalized spacial score (nSPS) is 19.1. The SMILES string of the molecule is C[C@@H]1CCN(C(=O)c2ccc(-c3ccc4c(c3)CCN4)c(OCCN3CCOCC3)c2)c2ccccc2N1. The first-order chi connectivity index (χ1) is 18.7. The topological polar surface area (TPSA) is 66.1 Å². The van der Waals surface area contributed by atoms with Gasteiger partial charge >= 0.3 is 0 Å². The standard InChI is InChI=1S/C31H36N4O3/c1-22-11-13-35(29-5-3-2-4-28(29)33-22)31(36)25-6-8-26(23-7-9-27-24(20-23)10-12-32-27)30(21-25)38-19-16-34-14-17-37-18-15-34/h2-9,20-22,32-33H,10-19H2,1H3/t22-/m1/s1. The van der Waals surface area contributed by atoms with Gasteiger partial charge in [-0.25, -0.2) is 0 Å². The number of carbonyl (C=O) groups excluding carboxylic acids is 1. The van der Waals surface area contributed by atoms with Crippen molar-refractivity contribution in [2.24, 2.45) is 0 Å². The third-order valence-corrected chi connectivity index (χ3v) is 7.75. The predicted molar refractivity (Wildman–Crippen MR) is 153 cm³/mol. The fraction of sp³-hybridized carbons (Fsp3) is 0.387. The van der Waals surface area contributed by atoms with E-state index < -0.39 is 0 Å². The van der Waals surface area contributed by atoms with Gasteiger partial charge in [-0.2, -0.15) is 0 Å². The van der Waals surface area contributed by atoms with Gasteiger partial charge in [0.25, 0.3) is 5.91 Å². The van der Waals surface area contributed by atoms with Crippen molar-refractivity contribution in [2.75, 3.05) is 68.1 Å². The minimum atomic E-state index is -0.00363. The van der Waals surface area contributed by atoms with E-state index >= 15 is 0 Å². The molecule has 3 aromatic rings. The summed E-state index contributed by atoms with van der Waals surface area (Å²) in [7, 11) is 0. The van der Waals surface area contributed by atoms with Crippen LogP contribution in [0, 0.1) is 0 Å². The van der Waals surface area contributed by atoms with E-state index in [4.69, 9.17) is 9.47 Å². The maximum Gasteiger partial charge on any atom is 0.258 e. The van der Waals surface area contributed by atoms with Crippen molar-refractivity contribution in [1.29, 1.82) is 0 Å². The maximum atomic E-state index is 13.9. The molecule has 6 rings (SSSR count). The molecule has 1 amide bonds. The van der Waals surface area contributed by atoms with E-state index in [1.807, 2.05) is 47.4 Å². The van der Waals surface area contributed by atoms with Crippen LogP contribution in [-0.2, 0) is 11.2 Å². The molecule has 38 heavy (non-hydrogen) atoms. The number of rotatable bonds is 6.